The molecular weight excluding hydrogens is 448 g/mol. The van der Waals surface area contributed by atoms with Crippen LogP contribution in [0.2, 0.25) is 0 Å². The molecular formula is C31H32N2O3. The minimum atomic E-state index is -0.188. The van der Waals surface area contributed by atoms with Crippen LogP contribution in [0, 0.1) is 18.8 Å². The number of benzene rings is 3. The Morgan fingerprint density at radius 2 is 1.69 bits per heavy atom. The first-order chi connectivity index (χ1) is 17.4. The Hall–Kier alpha value is -3.86. The molecule has 2 aliphatic heterocycles. The molecule has 36 heavy (non-hydrogen) atoms. The Labute approximate surface area is 213 Å². The Morgan fingerprint density at radius 3 is 2.42 bits per heavy atom. The van der Waals surface area contributed by atoms with Crippen molar-refractivity contribution in [2.24, 2.45) is 11.8 Å². The Morgan fingerprint density at radius 1 is 0.972 bits per heavy atom. The third-order valence-electron chi connectivity index (χ3n) is 6.87. The van der Waals surface area contributed by atoms with Crippen LogP contribution in [0.4, 0.5) is 5.69 Å². The molecule has 0 radical (unpaired) electrons. The number of anilines is 1. The number of hydrogen-bond acceptors (Lipinski definition) is 3. The molecule has 5 nitrogen and oxygen atoms in total. The van der Waals surface area contributed by atoms with Crippen LogP contribution in [0.5, 0.6) is 5.75 Å². The van der Waals surface area contributed by atoms with Gasteiger partial charge in [-0.1, -0.05) is 67.9 Å². The molecule has 0 bridgehead atoms. The Kier molecular flexibility index (Phi) is 6.64. The lowest BCUT2D eigenvalue weighted by Gasteiger charge is -2.35. The molecule has 0 aliphatic carbocycles. The van der Waals surface area contributed by atoms with Gasteiger partial charge in [-0.3, -0.25) is 14.5 Å². The van der Waals surface area contributed by atoms with Crippen molar-refractivity contribution in [1.82, 2.24) is 4.90 Å². The van der Waals surface area contributed by atoms with Gasteiger partial charge in [-0.25, -0.2) is 0 Å². The first-order valence-corrected chi connectivity index (χ1v) is 12.6. The SMILES string of the molecule is Cc1cccc(CN2C(=O)/C(=C\c3ccc(C(=O)N4C[C@H](C)C[C@H](C)C4)cc3)Oc3ccccc32)c1. The van der Waals surface area contributed by atoms with Crippen LogP contribution < -0.4 is 9.64 Å². The first kappa shape index (κ1) is 23.9. The van der Waals surface area contributed by atoms with E-state index in [2.05, 4.69) is 19.9 Å². The fourth-order valence-corrected chi connectivity index (χ4v) is 5.30. The maximum absolute atomic E-state index is 13.5. The number of para-hydroxylation sites is 2. The third kappa shape index (κ3) is 5.06. The second kappa shape index (κ2) is 10.0. The maximum atomic E-state index is 13.5. The van der Waals surface area contributed by atoms with E-state index < -0.39 is 0 Å². The number of carbonyl (C=O) groups is 2. The summed E-state index contributed by atoms with van der Waals surface area (Å²) >= 11 is 0. The van der Waals surface area contributed by atoms with Gasteiger partial charge in [0.05, 0.1) is 12.2 Å². The van der Waals surface area contributed by atoms with Crippen molar-refractivity contribution in [2.45, 2.75) is 33.7 Å². The molecule has 2 atom stereocenters. The standard InChI is InChI=1S/C31H32N2O3/c1-21-7-6-8-25(16-21)20-33-27-9-4-5-10-28(27)36-29(31(33)35)17-24-11-13-26(14-12-24)30(34)32-18-22(2)15-23(3)19-32/h4-14,16-17,22-23H,15,18-20H2,1-3H3/b29-17+/t22-,23+. The molecule has 5 rings (SSSR count). The molecule has 5 heteroatoms. The molecule has 184 valence electrons. The van der Waals surface area contributed by atoms with Crippen LogP contribution in [0.25, 0.3) is 6.08 Å². The van der Waals surface area contributed by atoms with E-state index in [0.717, 1.165) is 41.9 Å². The predicted molar refractivity (Wildman–Crippen MR) is 143 cm³/mol. The highest BCUT2D eigenvalue weighted by Gasteiger charge is 2.30. The second-order valence-electron chi connectivity index (χ2n) is 10.2. The van der Waals surface area contributed by atoms with Gasteiger partial charge in [-0.2, -0.15) is 0 Å². The van der Waals surface area contributed by atoms with Crippen LogP contribution in [-0.4, -0.2) is 29.8 Å². The maximum Gasteiger partial charge on any atom is 0.294 e. The van der Waals surface area contributed by atoms with Crippen LogP contribution in [-0.2, 0) is 11.3 Å². The molecule has 3 aromatic carbocycles. The highest BCUT2D eigenvalue weighted by molar-refractivity contribution is 6.09. The van der Waals surface area contributed by atoms with Crippen LogP contribution >= 0.6 is 0 Å². The molecule has 0 saturated carbocycles. The normalized spacial score (nSPS) is 20.8. The van der Waals surface area contributed by atoms with Crippen molar-refractivity contribution < 1.29 is 14.3 Å². The minimum Gasteiger partial charge on any atom is -0.449 e. The van der Waals surface area contributed by atoms with E-state index in [0.29, 0.717) is 29.7 Å². The number of rotatable bonds is 4. The molecule has 2 heterocycles. The Balaban J connectivity index is 1.38. The van der Waals surface area contributed by atoms with E-state index in [1.54, 1.807) is 11.0 Å². The lowest BCUT2D eigenvalue weighted by Crippen LogP contribution is -2.42. The molecule has 2 aliphatic rings. The monoisotopic (exact) mass is 480 g/mol. The fraction of sp³-hybridized carbons (Fsp3) is 0.290. The molecule has 0 N–H and O–H groups in total. The molecule has 0 aromatic heterocycles. The first-order valence-electron chi connectivity index (χ1n) is 12.6. The number of ether oxygens (including phenoxy) is 1. The molecule has 3 aromatic rings. The Bertz CT molecular complexity index is 1300. The summed E-state index contributed by atoms with van der Waals surface area (Å²) in [6, 6.07) is 23.2. The van der Waals surface area contributed by atoms with Gasteiger partial charge < -0.3 is 9.64 Å². The molecule has 0 unspecified atom stereocenters. The number of carbonyl (C=O) groups excluding carboxylic acids is 2. The summed E-state index contributed by atoms with van der Waals surface area (Å²) in [7, 11) is 0. The number of nitrogens with zero attached hydrogens (tertiary/aromatic N) is 2. The highest BCUT2D eigenvalue weighted by Crippen LogP contribution is 2.36. The van der Waals surface area contributed by atoms with Crippen molar-refractivity contribution in [3.63, 3.8) is 0 Å². The zero-order valence-electron chi connectivity index (χ0n) is 21.1. The number of fused-ring (bicyclic) bond motifs is 1. The summed E-state index contributed by atoms with van der Waals surface area (Å²) in [5.74, 6) is 1.82. The van der Waals surface area contributed by atoms with Crippen molar-refractivity contribution >= 4 is 23.6 Å². The average molecular weight is 481 g/mol. The summed E-state index contributed by atoms with van der Waals surface area (Å²) in [4.78, 5) is 30.3. The van der Waals surface area contributed by atoms with Crippen LogP contribution in [0.3, 0.4) is 0 Å². The van der Waals surface area contributed by atoms with Crippen LogP contribution in [0.1, 0.15) is 47.3 Å². The van der Waals surface area contributed by atoms with E-state index >= 15 is 0 Å². The average Bonchev–Trinajstić information content (AvgIpc) is 2.86. The molecule has 2 amide bonds. The fourth-order valence-electron chi connectivity index (χ4n) is 5.30. The quantitative estimate of drug-likeness (QED) is 0.425. The molecule has 1 saturated heterocycles. The number of amides is 2. The molecule has 0 spiro atoms. The number of aryl methyl sites for hydroxylation is 1. The van der Waals surface area contributed by atoms with Gasteiger partial charge in [0.15, 0.2) is 11.5 Å². The van der Waals surface area contributed by atoms with Gasteiger partial charge in [0, 0.05) is 18.7 Å². The van der Waals surface area contributed by atoms with Gasteiger partial charge in [0.2, 0.25) is 0 Å². The summed E-state index contributed by atoms with van der Waals surface area (Å²) in [6.07, 6.45) is 2.91. The van der Waals surface area contributed by atoms with Crippen LogP contribution in [0.15, 0.2) is 78.6 Å². The largest absolute Gasteiger partial charge is 0.449 e. The van der Waals surface area contributed by atoms with E-state index in [1.807, 2.05) is 78.6 Å². The smallest absolute Gasteiger partial charge is 0.294 e. The summed E-state index contributed by atoms with van der Waals surface area (Å²) in [6.45, 7) is 8.50. The number of piperidine rings is 1. The third-order valence-corrected chi connectivity index (χ3v) is 6.87. The summed E-state index contributed by atoms with van der Waals surface area (Å²) in [5.41, 5.74) is 4.45. The lowest BCUT2D eigenvalue weighted by molar-refractivity contribution is -0.117. The zero-order valence-corrected chi connectivity index (χ0v) is 21.1. The topological polar surface area (TPSA) is 49.9 Å². The lowest BCUT2D eigenvalue weighted by atomic mass is 9.91. The van der Waals surface area contributed by atoms with E-state index in [4.69, 9.17) is 4.74 Å². The van der Waals surface area contributed by atoms with Gasteiger partial charge >= 0.3 is 0 Å². The van der Waals surface area contributed by atoms with Gasteiger partial charge in [-0.05, 0) is 66.6 Å². The predicted octanol–water partition coefficient (Wildman–Crippen LogP) is 6.08. The van der Waals surface area contributed by atoms with Gasteiger partial charge in [0.1, 0.15) is 0 Å². The number of hydrogen-bond donors (Lipinski definition) is 0. The summed E-state index contributed by atoms with van der Waals surface area (Å²) in [5, 5.41) is 0. The van der Waals surface area contributed by atoms with Crippen molar-refractivity contribution in [2.75, 3.05) is 18.0 Å². The van der Waals surface area contributed by atoms with Crippen molar-refractivity contribution in [1.29, 1.82) is 0 Å². The van der Waals surface area contributed by atoms with E-state index in [1.165, 1.54) is 0 Å². The zero-order chi connectivity index (χ0) is 25.2. The summed E-state index contributed by atoms with van der Waals surface area (Å²) < 4.78 is 6.03. The minimum absolute atomic E-state index is 0.0656. The second-order valence-corrected chi connectivity index (χ2v) is 10.2. The van der Waals surface area contributed by atoms with E-state index in [-0.39, 0.29) is 17.6 Å². The van der Waals surface area contributed by atoms with Gasteiger partial charge in [0.25, 0.3) is 11.8 Å². The molecule has 1 fully saturated rings. The van der Waals surface area contributed by atoms with Gasteiger partial charge in [-0.15, -0.1) is 0 Å². The van der Waals surface area contributed by atoms with E-state index in [9.17, 15) is 9.59 Å². The van der Waals surface area contributed by atoms with Crippen molar-refractivity contribution in [3.8, 4) is 5.75 Å². The van der Waals surface area contributed by atoms with Crippen molar-refractivity contribution in [3.05, 3.63) is 101 Å². The highest BCUT2D eigenvalue weighted by atomic mass is 16.5. The number of likely N-dealkylation sites (tertiary alicyclic amines) is 1.